The van der Waals surface area contributed by atoms with Crippen LogP contribution < -0.4 is 14.5 Å². The number of ether oxygens (including phenoxy) is 1. The number of nitrogens with zero attached hydrogens (tertiary/aromatic N) is 2. The van der Waals surface area contributed by atoms with Crippen LogP contribution in [0.5, 0.6) is 5.75 Å². The highest BCUT2D eigenvalue weighted by Crippen LogP contribution is 2.56. The van der Waals surface area contributed by atoms with Crippen LogP contribution >= 0.6 is 0 Å². The number of anilines is 2. The molecule has 0 radical (unpaired) electrons. The second-order valence-electron chi connectivity index (χ2n) is 10.2. The van der Waals surface area contributed by atoms with Gasteiger partial charge in [-0.15, -0.1) is 0 Å². The van der Waals surface area contributed by atoms with Gasteiger partial charge in [0.15, 0.2) is 0 Å². The molecule has 2 aliphatic carbocycles. The second-order valence-corrected chi connectivity index (χ2v) is 10.2. The third-order valence-corrected chi connectivity index (χ3v) is 8.36. The number of hydrogen-bond donors (Lipinski definition) is 0. The van der Waals surface area contributed by atoms with Crippen LogP contribution in [-0.4, -0.2) is 30.2 Å². The van der Waals surface area contributed by atoms with Crippen molar-refractivity contribution in [2.75, 3.05) is 16.3 Å². The first-order valence-corrected chi connectivity index (χ1v) is 12.5. The first-order valence-electron chi connectivity index (χ1n) is 12.5. The van der Waals surface area contributed by atoms with E-state index >= 15 is 0 Å². The quantitative estimate of drug-likeness (QED) is 0.376. The lowest BCUT2D eigenvalue weighted by Gasteiger charge is -2.19. The zero-order valence-corrected chi connectivity index (χ0v) is 19.7. The smallest absolute Gasteiger partial charge is 0.316 e. The minimum absolute atomic E-state index is 0.0894. The number of benzene rings is 2. The monoisotopic (exact) mass is 472 g/mol. The highest BCUT2D eigenvalue weighted by atomic mass is 16.5. The molecule has 180 valence electrons. The Morgan fingerprint density at radius 3 is 2.09 bits per heavy atom. The van der Waals surface area contributed by atoms with Crippen molar-refractivity contribution in [1.82, 2.24) is 0 Å². The maximum absolute atomic E-state index is 13.0. The molecule has 2 bridgehead atoms. The summed E-state index contributed by atoms with van der Waals surface area (Å²) in [6, 6.07) is 14.3. The number of fused-ring (bicyclic) bond motifs is 5. The van der Waals surface area contributed by atoms with Crippen LogP contribution in [-0.2, 0) is 25.6 Å². The van der Waals surface area contributed by atoms with Gasteiger partial charge in [0.2, 0.25) is 17.7 Å². The third kappa shape index (κ3) is 3.56. The van der Waals surface area contributed by atoms with E-state index in [4.69, 9.17) is 4.74 Å². The van der Waals surface area contributed by atoms with E-state index in [1.165, 1.54) is 10.5 Å². The molecule has 0 N–H and O–H groups in total. The molecule has 2 aliphatic heterocycles. The normalized spacial score (nSPS) is 29.3. The van der Waals surface area contributed by atoms with E-state index < -0.39 is 11.9 Å². The Balaban J connectivity index is 1.11. The molecule has 2 saturated heterocycles. The van der Waals surface area contributed by atoms with Crippen molar-refractivity contribution >= 4 is 35.1 Å². The first kappa shape index (κ1) is 22.0. The molecule has 2 aromatic carbocycles. The lowest BCUT2D eigenvalue weighted by Crippen LogP contribution is -2.32. The van der Waals surface area contributed by atoms with Gasteiger partial charge in [0.05, 0.1) is 23.4 Å². The largest absolute Gasteiger partial charge is 0.426 e. The summed E-state index contributed by atoms with van der Waals surface area (Å²) < 4.78 is 5.55. The van der Waals surface area contributed by atoms with Gasteiger partial charge < -0.3 is 9.64 Å². The summed E-state index contributed by atoms with van der Waals surface area (Å²) in [5.41, 5.74) is 2.49. The lowest BCUT2D eigenvalue weighted by atomic mass is 9.81. The third-order valence-electron chi connectivity index (χ3n) is 8.36. The predicted octanol–water partition coefficient (Wildman–Crippen LogP) is 3.74. The lowest BCUT2D eigenvalue weighted by molar-refractivity contribution is -0.139. The molecule has 0 unspecified atom stereocenters. The van der Waals surface area contributed by atoms with E-state index in [0.29, 0.717) is 23.3 Å². The molecule has 0 aromatic heterocycles. The average molecular weight is 473 g/mol. The number of esters is 1. The van der Waals surface area contributed by atoms with Crippen molar-refractivity contribution in [1.29, 1.82) is 0 Å². The molecule has 6 rings (SSSR count). The Morgan fingerprint density at radius 1 is 0.886 bits per heavy atom. The van der Waals surface area contributed by atoms with Gasteiger partial charge in [-0.1, -0.05) is 19.1 Å². The van der Waals surface area contributed by atoms with Crippen molar-refractivity contribution in [3.05, 3.63) is 54.1 Å². The zero-order valence-electron chi connectivity index (χ0n) is 19.7. The van der Waals surface area contributed by atoms with E-state index in [1.807, 2.05) is 24.3 Å². The van der Waals surface area contributed by atoms with Gasteiger partial charge in [-0.05, 0) is 79.5 Å². The second kappa shape index (κ2) is 8.33. The Hall–Kier alpha value is -3.48. The van der Waals surface area contributed by atoms with Crippen LogP contribution in [0.3, 0.4) is 0 Å². The molecule has 4 fully saturated rings. The fourth-order valence-corrected chi connectivity index (χ4v) is 6.55. The van der Waals surface area contributed by atoms with Gasteiger partial charge in [-0.3, -0.25) is 24.1 Å². The van der Waals surface area contributed by atoms with Crippen molar-refractivity contribution in [2.45, 2.75) is 39.0 Å². The maximum Gasteiger partial charge on any atom is 0.316 e. The standard InChI is InChI=1S/C28H28N2O5/c1-2-16-3-7-20(8-4-16)29-15-19(14-23(29)31)28(34)35-22-11-9-21(10-12-22)30-26(32)24-17-5-6-18(13-17)25(24)27(30)33/h3-4,7-12,17-19,24-25H,2,5-6,13-15H2,1H3/t17-,18-,19-,24-,25+/m0/s1. The number of hydrogen-bond acceptors (Lipinski definition) is 5. The Labute approximate surface area is 204 Å². The molecular weight excluding hydrogens is 444 g/mol. The highest BCUT2D eigenvalue weighted by Gasteiger charge is 2.61. The molecule has 2 heterocycles. The van der Waals surface area contributed by atoms with Crippen LogP contribution in [0, 0.1) is 29.6 Å². The topological polar surface area (TPSA) is 84.0 Å². The summed E-state index contributed by atoms with van der Waals surface area (Å²) in [7, 11) is 0. The van der Waals surface area contributed by atoms with Gasteiger partial charge in [-0.25, -0.2) is 0 Å². The van der Waals surface area contributed by atoms with Gasteiger partial charge in [-0.2, -0.15) is 0 Å². The van der Waals surface area contributed by atoms with Gasteiger partial charge in [0, 0.05) is 18.7 Å². The number of rotatable bonds is 5. The summed E-state index contributed by atoms with van der Waals surface area (Å²) in [4.78, 5) is 54.3. The number of carbonyl (C=O) groups excluding carboxylic acids is 4. The minimum atomic E-state index is -0.551. The molecule has 2 aromatic rings. The maximum atomic E-state index is 13.0. The summed E-state index contributed by atoms with van der Waals surface area (Å²) >= 11 is 0. The molecule has 7 heteroatoms. The van der Waals surface area contributed by atoms with E-state index in [0.717, 1.165) is 31.4 Å². The van der Waals surface area contributed by atoms with E-state index in [2.05, 4.69) is 6.92 Å². The average Bonchev–Trinajstić information content (AvgIpc) is 3.63. The van der Waals surface area contributed by atoms with Crippen molar-refractivity contribution < 1.29 is 23.9 Å². The zero-order chi connectivity index (χ0) is 24.3. The van der Waals surface area contributed by atoms with E-state index in [1.54, 1.807) is 29.2 Å². The molecule has 35 heavy (non-hydrogen) atoms. The van der Waals surface area contributed by atoms with Crippen LogP contribution in [0.25, 0.3) is 0 Å². The molecule has 0 spiro atoms. The SMILES string of the molecule is CCc1ccc(N2C[C@@H](C(=O)Oc3ccc(N4C(=O)[C@@H]5[C@H]6CC[C@@H](C6)[C@@H]5C4=O)cc3)CC2=O)cc1. The van der Waals surface area contributed by atoms with Crippen LogP contribution in [0.15, 0.2) is 48.5 Å². The van der Waals surface area contributed by atoms with Crippen molar-refractivity contribution in [3.63, 3.8) is 0 Å². The van der Waals surface area contributed by atoms with Crippen molar-refractivity contribution in [2.24, 2.45) is 29.6 Å². The highest BCUT2D eigenvalue weighted by molar-refractivity contribution is 6.22. The van der Waals surface area contributed by atoms with Crippen LogP contribution in [0.4, 0.5) is 11.4 Å². The summed E-state index contributed by atoms with van der Waals surface area (Å²) in [5.74, 6) is -0.618. The van der Waals surface area contributed by atoms with Gasteiger partial charge in [0.1, 0.15) is 5.75 Å². The molecule has 4 aliphatic rings. The predicted molar refractivity (Wildman–Crippen MR) is 129 cm³/mol. The fourth-order valence-electron chi connectivity index (χ4n) is 6.55. The molecule has 5 atom stereocenters. The summed E-state index contributed by atoms with van der Waals surface area (Å²) in [5, 5.41) is 0. The van der Waals surface area contributed by atoms with Gasteiger partial charge >= 0.3 is 5.97 Å². The molecular formula is C28H28N2O5. The number of aryl methyl sites for hydroxylation is 1. The van der Waals surface area contributed by atoms with Gasteiger partial charge in [0.25, 0.3) is 0 Å². The number of imide groups is 1. The Morgan fingerprint density at radius 2 is 1.49 bits per heavy atom. The molecule has 7 nitrogen and oxygen atoms in total. The summed E-state index contributed by atoms with van der Waals surface area (Å²) in [6.45, 7) is 2.35. The minimum Gasteiger partial charge on any atom is -0.426 e. The summed E-state index contributed by atoms with van der Waals surface area (Å²) in [6.07, 6.45) is 4.11. The van der Waals surface area contributed by atoms with E-state index in [9.17, 15) is 19.2 Å². The van der Waals surface area contributed by atoms with Crippen LogP contribution in [0.1, 0.15) is 38.2 Å². The Bertz CT molecular complexity index is 1180. The number of carbonyl (C=O) groups is 4. The van der Waals surface area contributed by atoms with Crippen LogP contribution in [0.2, 0.25) is 0 Å². The Kier molecular flexibility index (Phi) is 5.24. The molecule has 2 saturated carbocycles. The fraction of sp³-hybridized carbons (Fsp3) is 0.429. The van der Waals surface area contributed by atoms with E-state index in [-0.39, 0.29) is 42.5 Å². The first-order chi connectivity index (χ1) is 16.9. The number of amides is 3. The van der Waals surface area contributed by atoms with Crippen molar-refractivity contribution in [3.8, 4) is 5.75 Å². The molecule has 3 amide bonds.